The molecule has 3 heterocycles. The lowest BCUT2D eigenvalue weighted by atomic mass is 10.1. The second kappa shape index (κ2) is 8.44. The molecule has 0 amide bonds. The van der Waals surface area contributed by atoms with Gasteiger partial charge >= 0.3 is 5.97 Å². The number of aryl methyl sites for hydroxylation is 1. The van der Waals surface area contributed by atoms with Crippen LogP contribution in [0.25, 0.3) is 21.8 Å². The molecule has 0 aliphatic carbocycles. The third kappa shape index (κ3) is 3.83. The number of esters is 1. The third-order valence-corrected chi connectivity index (χ3v) is 5.86. The van der Waals surface area contributed by atoms with E-state index in [-0.39, 0.29) is 6.61 Å². The highest BCUT2D eigenvalue weighted by molar-refractivity contribution is 6.31. The van der Waals surface area contributed by atoms with Gasteiger partial charge in [-0.25, -0.2) is 4.79 Å². The van der Waals surface area contributed by atoms with E-state index in [0.29, 0.717) is 17.8 Å². The molecule has 0 saturated carbocycles. The van der Waals surface area contributed by atoms with Crippen LogP contribution in [-0.4, -0.2) is 20.5 Å². The minimum Gasteiger partial charge on any atom is -0.456 e. The van der Waals surface area contributed by atoms with Crippen molar-refractivity contribution in [2.45, 2.75) is 20.1 Å². The van der Waals surface area contributed by atoms with E-state index < -0.39 is 5.97 Å². The molecule has 0 bridgehead atoms. The molecule has 0 aliphatic heterocycles. The van der Waals surface area contributed by atoms with Crippen molar-refractivity contribution in [3.05, 3.63) is 107 Å². The number of fused-ring (bicyclic) bond motifs is 3. The van der Waals surface area contributed by atoms with Crippen molar-refractivity contribution >= 4 is 39.4 Å². The largest absolute Gasteiger partial charge is 0.456 e. The summed E-state index contributed by atoms with van der Waals surface area (Å²) >= 11 is 6.48. The number of nitrogens with zero attached hydrogens (tertiary/aromatic N) is 3. The topological polar surface area (TPSA) is 57.0 Å². The summed E-state index contributed by atoms with van der Waals surface area (Å²) in [6, 6.07) is 19.7. The molecule has 5 rings (SSSR count). The lowest BCUT2D eigenvalue weighted by molar-refractivity contribution is 0.0467. The number of carbonyl (C=O) groups is 1. The Morgan fingerprint density at radius 2 is 1.88 bits per heavy atom. The molecule has 0 radical (unpaired) electrons. The van der Waals surface area contributed by atoms with Crippen LogP contribution in [0.15, 0.2) is 79.3 Å². The first-order chi connectivity index (χ1) is 15.6. The van der Waals surface area contributed by atoms with Gasteiger partial charge in [-0.3, -0.25) is 9.97 Å². The van der Waals surface area contributed by atoms with Crippen molar-refractivity contribution in [3.8, 4) is 0 Å². The fourth-order valence-electron chi connectivity index (χ4n) is 3.94. The summed E-state index contributed by atoms with van der Waals surface area (Å²) in [5.74, 6) is -0.420. The van der Waals surface area contributed by atoms with Crippen molar-refractivity contribution in [2.24, 2.45) is 0 Å². The minimum absolute atomic E-state index is 0.0902. The van der Waals surface area contributed by atoms with Gasteiger partial charge in [-0.2, -0.15) is 0 Å². The molecule has 0 aliphatic rings. The van der Waals surface area contributed by atoms with Crippen LogP contribution in [0.3, 0.4) is 0 Å². The van der Waals surface area contributed by atoms with Crippen LogP contribution in [0, 0.1) is 6.92 Å². The summed E-state index contributed by atoms with van der Waals surface area (Å²) in [5, 5.41) is 2.92. The number of pyridine rings is 2. The number of hydrogen-bond acceptors (Lipinski definition) is 4. The summed E-state index contributed by atoms with van der Waals surface area (Å²) in [5.41, 5.74) is 5.44. The van der Waals surface area contributed by atoms with E-state index in [2.05, 4.69) is 39.7 Å². The van der Waals surface area contributed by atoms with Gasteiger partial charge in [-0.1, -0.05) is 47.5 Å². The zero-order valence-corrected chi connectivity index (χ0v) is 18.2. The number of carbonyl (C=O) groups excluding carboxylic acids is 1. The Hall–Kier alpha value is -3.70. The molecular weight excluding hydrogens is 422 g/mol. The normalized spacial score (nSPS) is 11.2. The predicted octanol–water partition coefficient (Wildman–Crippen LogP) is 5.95. The van der Waals surface area contributed by atoms with Crippen LogP contribution in [0.2, 0.25) is 5.02 Å². The Balaban J connectivity index is 1.50. The van der Waals surface area contributed by atoms with E-state index in [1.54, 1.807) is 18.3 Å². The van der Waals surface area contributed by atoms with Crippen LogP contribution < -0.4 is 0 Å². The second-order valence-electron chi connectivity index (χ2n) is 7.71. The number of halogens is 1. The first-order valence-electron chi connectivity index (χ1n) is 10.3. The fraction of sp³-hybridized carbons (Fsp3) is 0.115. The molecule has 6 heteroatoms. The highest BCUT2D eigenvalue weighted by Gasteiger charge is 2.14. The van der Waals surface area contributed by atoms with Crippen molar-refractivity contribution in [3.63, 3.8) is 0 Å². The van der Waals surface area contributed by atoms with E-state index in [4.69, 9.17) is 16.3 Å². The summed E-state index contributed by atoms with van der Waals surface area (Å²) < 4.78 is 7.67. The van der Waals surface area contributed by atoms with Crippen LogP contribution in [0.5, 0.6) is 0 Å². The Morgan fingerprint density at radius 3 is 2.72 bits per heavy atom. The number of rotatable bonds is 5. The average molecular weight is 442 g/mol. The maximum absolute atomic E-state index is 12.3. The maximum Gasteiger partial charge on any atom is 0.340 e. The SMILES string of the molecule is Cc1ccc(Cl)c(Cn2c3ccccc3c3cc(COC(=O)c4cccnc4)ncc32)c1. The molecule has 3 aromatic heterocycles. The van der Waals surface area contributed by atoms with Crippen LogP contribution in [0.1, 0.15) is 27.2 Å². The number of para-hydroxylation sites is 1. The Labute approximate surface area is 190 Å². The second-order valence-corrected chi connectivity index (χ2v) is 8.12. The highest BCUT2D eigenvalue weighted by atomic mass is 35.5. The first-order valence-corrected chi connectivity index (χ1v) is 10.7. The molecule has 158 valence electrons. The quantitative estimate of drug-likeness (QED) is 0.316. The van der Waals surface area contributed by atoms with E-state index >= 15 is 0 Å². The standard InChI is InChI=1S/C26H20ClN3O2/c1-17-8-9-23(27)19(11-17)15-30-24-7-3-2-6-21(24)22-12-20(29-14-25(22)30)16-32-26(31)18-5-4-10-28-13-18/h2-14H,15-16H2,1H3. The summed E-state index contributed by atoms with van der Waals surface area (Å²) in [6.07, 6.45) is 4.95. The zero-order chi connectivity index (χ0) is 22.1. The third-order valence-electron chi connectivity index (χ3n) is 5.49. The summed E-state index contributed by atoms with van der Waals surface area (Å²) in [6.45, 7) is 2.79. The molecule has 0 spiro atoms. The van der Waals surface area contributed by atoms with Gasteiger partial charge in [0.1, 0.15) is 6.61 Å². The van der Waals surface area contributed by atoms with Crippen molar-refractivity contribution in [1.29, 1.82) is 0 Å². The average Bonchev–Trinajstić information content (AvgIpc) is 3.13. The molecular formula is C26H20ClN3O2. The molecule has 0 atom stereocenters. The van der Waals surface area contributed by atoms with Crippen LogP contribution in [0.4, 0.5) is 0 Å². The van der Waals surface area contributed by atoms with Crippen LogP contribution in [-0.2, 0) is 17.9 Å². The molecule has 0 unspecified atom stereocenters. The van der Waals surface area contributed by atoms with Gasteiger partial charge in [-0.05, 0) is 42.8 Å². The number of aromatic nitrogens is 3. The van der Waals surface area contributed by atoms with Gasteiger partial charge < -0.3 is 9.30 Å². The highest BCUT2D eigenvalue weighted by Crippen LogP contribution is 2.31. The van der Waals surface area contributed by atoms with Gasteiger partial charge in [0.05, 0.1) is 23.0 Å². The molecule has 5 aromatic rings. The van der Waals surface area contributed by atoms with Gasteiger partial charge in [-0.15, -0.1) is 0 Å². The summed E-state index contributed by atoms with van der Waals surface area (Å²) in [7, 11) is 0. The number of hydrogen-bond donors (Lipinski definition) is 0. The van der Waals surface area contributed by atoms with Gasteiger partial charge in [0.25, 0.3) is 0 Å². The predicted molar refractivity (Wildman–Crippen MR) is 126 cm³/mol. The maximum atomic E-state index is 12.3. The van der Waals surface area contributed by atoms with E-state index in [9.17, 15) is 4.79 Å². The number of benzene rings is 2. The van der Waals surface area contributed by atoms with Gasteiger partial charge in [0, 0.05) is 40.3 Å². The molecule has 0 fully saturated rings. The zero-order valence-electron chi connectivity index (χ0n) is 17.5. The molecule has 2 aromatic carbocycles. The lowest BCUT2D eigenvalue weighted by Crippen LogP contribution is -2.06. The number of ether oxygens (including phenoxy) is 1. The van der Waals surface area contributed by atoms with E-state index in [0.717, 1.165) is 32.4 Å². The van der Waals surface area contributed by atoms with Gasteiger partial charge in [0.15, 0.2) is 0 Å². The Bertz CT molecular complexity index is 1440. The molecule has 0 saturated heterocycles. The Morgan fingerprint density at radius 1 is 1.00 bits per heavy atom. The van der Waals surface area contributed by atoms with E-state index in [1.165, 1.54) is 11.8 Å². The van der Waals surface area contributed by atoms with Gasteiger partial charge in [0.2, 0.25) is 0 Å². The Kier molecular flexibility index (Phi) is 5.33. The van der Waals surface area contributed by atoms with Crippen LogP contribution >= 0.6 is 11.6 Å². The first kappa shape index (κ1) is 20.2. The van der Waals surface area contributed by atoms with Crippen molar-refractivity contribution < 1.29 is 9.53 Å². The van der Waals surface area contributed by atoms with E-state index in [1.807, 2.05) is 36.5 Å². The molecule has 5 nitrogen and oxygen atoms in total. The van der Waals surface area contributed by atoms with Crippen molar-refractivity contribution in [2.75, 3.05) is 0 Å². The molecule has 0 N–H and O–H groups in total. The lowest BCUT2D eigenvalue weighted by Gasteiger charge is -2.10. The monoisotopic (exact) mass is 441 g/mol. The summed E-state index contributed by atoms with van der Waals surface area (Å²) in [4.78, 5) is 20.8. The van der Waals surface area contributed by atoms with Crippen molar-refractivity contribution in [1.82, 2.24) is 14.5 Å². The molecule has 32 heavy (non-hydrogen) atoms. The fourth-order valence-corrected chi connectivity index (χ4v) is 4.12. The minimum atomic E-state index is -0.420. The smallest absolute Gasteiger partial charge is 0.340 e.